The van der Waals surface area contributed by atoms with Gasteiger partial charge >= 0.3 is 0 Å². The first-order chi connectivity index (χ1) is 9.76. The van der Waals surface area contributed by atoms with Crippen LogP contribution in [0, 0.1) is 5.41 Å². The van der Waals surface area contributed by atoms with Crippen LogP contribution in [0.3, 0.4) is 0 Å². The van der Waals surface area contributed by atoms with Gasteiger partial charge in [0.15, 0.2) is 0 Å². The van der Waals surface area contributed by atoms with Gasteiger partial charge in [0, 0.05) is 18.3 Å². The van der Waals surface area contributed by atoms with Crippen LogP contribution in [-0.2, 0) is 4.79 Å². The van der Waals surface area contributed by atoms with Crippen molar-refractivity contribution >= 4 is 11.6 Å². The van der Waals surface area contributed by atoms with E-state index in [0.717, 1.165) is 12.2 Å². The zero-order valence-corrected chi connectivity index (χ0v) is 14.0. The molecule has 0 aliphatic carbocycles. The van der Waals surface area contributed by atoms with Crippen molar-refractivity contribution in [3.8, 4) is 0 Å². The van der Waals surface area contributed by atoms with Crippen molar-refractivity contribution in [1.29, 1.82) is 0 Å². The molecular formula is C17H29N3O. The van der Waals surface area contributed by atoms with Crippen molar-refractivity contribution in [2.45, 2.75) is 33.7 Å². The van der Waals surface area contributed by atoms with Crippen molar-refractivity contribution in [1.82, 2.24) is 4.90 Å². The Bertz CT molecular complexity index is 443. The van der Waals surface area contributed by atoms with Crippen LogP contribution in [-0.4, -0.2) is 43.5 Å². The van der Waals surface area contributed by atoms with Crippen LogP contribution in [0.15, 0.2) is 30.3 Å². The molecule has 1 aromatic carbocycles. The molecule has 2 N–H and O–H groups in total. The van der Waals surface area contributed by atoms with E-state index in [0.29, 0.717) is 13.1 Å². The number of rotatable bonds is 7. The van der Waals surface area contributed by atoms with Crippen molar-refractivity contribution in [2.75, 3.05) is 31.6 Å². The van der Waals surface area contributed by atoms with Crippen molar-refractivity contribution in [3.63, 3.8) is 0 Å². The van der Waals surface area contributed by atoms with Crippen LogP contribution in [0.1, 0.15) is 27.7 Å². The molecule has 1 aromatic rings. The summed E-state index contributed by atoms with van der Waals surface area (Å²) in [7, 11) is 1.97. The van der Waals surface area contributed by atoms with Crippen molar-refractivity contribution in [3.05, 3.63) is 30.3 Å². The summed E-state index contributed by atoms with van der Waals surface area (Å²) in [6, 6.07) is 9.96. The third-order valence-electron chi connectivity index (χ3n) is 3.48. The SMILES string of the molecule is CC(C)N(C(=O)CN(C)CC(C)(C)CN)c1ccccc1. The smallest absolute Gasteiger partial charge is 0.241 e. The molecule has 0 bridgehead atoms. The lowest BCUT2D eigenvalue weighted by atomic mass is 9.93. The molecule has 4 heteroatoms. The summed E-state index contributed by atoms with van der Waals surface area (Å²) in [5, 5.41) is 0. The fourth-order valence-corrected chi connectivity index (χ4v) is 2.48. The van der Waals surface area contributed by atoms with E-state index in [9.17, 15) is 4.79 Å². The molecule has 0 spiro atoms. The van der Waals surface area contributed by atoms with Crippen molar-refractivity contribution in [2.24, 2.45) is 11.1 Å². The molecule has 0 radical (unpaired) electrons. The number of nitrogens with two attached hydrogens (primary N) is 1. The highest BCUT2D eigenvalue weighted by atomic mass is 16.2. The fraction of sp³-hybridized carbons (Fsp3) is 0.588. The maximum absolute atomic E-state index is 12.6. The summed E-state index contributed by atoms with van der Waals surface area (Å²) < 4.78 is 0. The Morgan fingerprint density at radius 1 is 1.24 bits per heavy atom. The van der Waals surface area contributed by atoms with Gasteiger partial charge in [0.1, 0.15) is 0 Å². The van der Waals surface area contributed by atoms with E-state index in [1.165, 1.54) is 0 Å². The van der Waals surface area contributed by atoms with Crippen LogP contribution < -0.4 is 10.6 Å². The molecule has 0 saturated carbocycles. The highest BCUT2D eigenvalue weighted by molar-refractivity contribution is 5.95. The number of hydrogen-bond donors (Lipinski definition) is 1. The second kappa shape index (κ2) is 7.57. The zero-order valence-electron chi connectivity index (χ0n) is 14.0. The summed E-state index contributed by atoms with van der Waals surface area (Å²) in [5.74, 6) is 0.117. The Morgan fingerprint density at radius 3 is 2.29 bits per heavy atom. The molecule has 0 saturated heterocycles. The van der Waals surface area contributed by atoms with Crippen LogP contribution in [0.4, 0.5) is 5.69 Å². The molecule has 118 valence electrons. The van der Waals surface area contributed by atoms with Gasteiger partial charge in [0.25, 0.3) is 0 Å². The van der Waals surface area contributed by atoms with E-state index in [1.54, 1.807) is 0 Å². The minimum absolute atomic E-state index is 0.0183. The normalized spacial score (nSPS) is 12.0. The van der Waals surface area contributed by atoms with Crippen LogP contribution >= 0.6 is 0 Å². The minimum Gasteiger partial charge on any atom is -0.330 e. The van der Waals surface area contributed by atoms with Gasteiger partial charge < -0.3 is 10.6 Å². The predicted molar refractivity (Wildman–Crippen MR) is 89.4 cm³/mol. The average molecular weight is 291 g/mol. The fourth-order valence-electron chi connectivity index (χ4n) is 2.48. The van der Waals surface area contributed by atoms with Gasteiger partial charge in [0.05, 0.1) is 6.54 Å². The summed E-state index contributed by atoms with van der Waals surface area (Å²) >= 11 is 0. The van der Waals surface area contributed by atoms with Gasteiger partial charge in [-0.1, -0.05) is 32.0 Å². The van der Waals surface area contributed by atoms with E-state index in [1.807, 2.05) is 61.0 Å². The van der Waals surface area contributed by atoms with Crippen LogP contribution in [0.5, 0.6) is 0 Å². The molecular weight excluding hydrogens is 262 g/mol. The second-order valence-corrected chi connectivity index (χ2v) is 6.73. The monoisotopic (exact) mass is 291 g/mol. The molecule has 0 aromatic heterocycles. The molecule has 0 aliphatic heterocycles. The Kier molecular flexibility index (Phi) is 6.37. The summed E-state index contributed by atoms with van der Waals surface area (Å²) in [5.41, 5.74) is 6.73. The molecule has 0 heterocycles. The molecule has 0 atom stereocenters. The quantitative estimate of drug-likeness (QED) is 0.839. The largest absolute Gasteiger partial charge is 0.330 e. The Hall–Kier alpha value is -1.39. The van der Waals surface area contributed by atoms with Gasteiger partial charge in [-0.15, -0.1) is 0 Å². The number of carbonyl (C=O) groups is 1. The van der Waals surface area contributed by atoms with E-state index in [2.05, 4.69) is 13.8 Å². The highest BCUT2D eigenvalue weighted by Gasteiger charge is 2.23. The maximum Gasteiger partial charge on any atom is 0.241 e. The third-order valence-corrected chi connectivity index (χ3v) is 3.48. The zero-order chi connectivity index (χ0) is 16.0. The number of likely N-dealkylation sites (N-methyl/N-ethyl adjacent to an activating group) is 1. The number of anilines is 1. The molecule has 1 amide bonds. The number of hydrogen-bond acceptors (Lipinski definition) is 3. The Balaban J connectivity index is 2.75. The molecule has 0 unspecified atom stereocenters. The van der Waals surface area contributed by atoms with Gasteiger partial charge in [-0.3, -0.25) is 9.69 Å². The lowest BCUT2D eigenvalue weighted by Crippen LogP contribution is -2.45. The first-order valence-corrected chi connectivity index (χ1v) is 7.52. The maximum atomic E-state index is 12.6. The van der Waals surface area contributed by atoms with E-state index < -0.39 is 0 Å². The summed E-state index contributed by atoms with van der Waals surface area (Å²) in [6.45, 7) is 10.1. The Labute approximate surface area is 128 Å². The highest BCUT2D eigenvalue weighted by Crippen LogP contribution is 2.18. The van der Waals surface area contributed by atoms with Crippen LogP contribution in [0.25, 0.3) is 0 Å². The lowest BCUT2D eigenvalue weighted by Gasteiger charge is -2.32. The number of carbonyl (C=O) groups excluding carboxylic acids is 1. The summed E-state index contributed by atoms with van der Waals surface area (Å²) in [4.78, 5) is 16.5. The Morgan fingerprint density at radius 2 is 1.81 bits per heavy atom. The summed E-state index contributed by atoms with van der Waals surface area (Å²) in [6.07, 6.45) is 0. The molecule has 0 aliphatic rings. The van der Waals surface area contributed by atoms with Gasteiger partial charge in [0.2, 0.25) is 5.91 Å². The first-order valence-electron chi connectivity index (χ1n) is 7.52. The number of para-hydroxylation sites is 1. The first kappa shape index (κ1) is 17.7. The second-order valence-electron chi connectivity index (χ2n) is 6.73. The average Bonchev–Trinajstić information content (AvgIpc) is 2.38. The molecule has 21 heavy (non-hydrogen) atoms. The van der Waals surface area contributed by atoms with Crippen LogP contribution in [0.2, 0.25) is 0 Å². The van der Waals surface area contributed by atoms with Gasteiger partial charge in [-0.2, -0.15) is 0 Å². The van der Waals surface area contributed by atoms with E-state index in [4.69, 9.17) is 5.73 Å². The van der Waals surface area contributed by atoms with Gasteiger partial charge in [-0.25, -0.2) is 0 Å². The molecule has 1 rings (SSSR count). The van der Waals surface area contributed by atoms with E-state index >= 15 is 0 Å². The number of benzene rings is 1. The lowest BCUT2D eigenvalue weighted by molar-refractivity contribution is -0.120. The number of amides is 1. The van der Waals surface area contributed by atoms with Gasteiger partial charge in [-0.05, 0) is 45.0 Å². The van der Waals surface area contributed by atoms with E-state index in [-0.39, 0.29) is 17.4 Å². The molecule has 4 nitrogen and oxygen atoms in total. The standard InChI is InChI=1S/C17H29N3O/c1-14(2)20(15-9-7-6-8-10-15)16(21)11-19(5)13-17(3,4)12-18/h6-10,14H,11-13,18H2,1-5H3. The topological polar surface area (TPSA) is 49.6 Å². The third kappa shape index (κ3) is 5.48. The predicted octanol–water partition coefficient (Wildman–Crippen LogP) is 2.34. The van der Waals surface area contributed by atoms with Crippen molar-refractivity contribution < 1.29 is 4.79 Å². The molecule has 0 fully saturated rings. The number of nitrogens with zero attached hydrogens (tertiary/aromatic N) is 2. The minimum atomic E-state index is 0.0183.